The van der Waals surface area contributed by atoms with E-state index in [4.69, 9.17) is 11.5 Å². The third kappa shape index (κ3) is 2.05. The van der Waals surface area contributed by atoms with E-state index in [0.717, 1.165) is 44.1 Å². The fourth-order valence-electron chi connectivity index (χ4n) is 3.51. The second-order valence-electron chi connectivity index (χ2n) is 6.25. The number of fused-ring (bicyclic) bond motifs is 2. The highest BCUT2D eigenvalue weighted by Crippen LogP contribution is 2.35. The molecule has 2 heterocycles. The van der Waals surface area contributed by atoms with Crippen LogP contribution in [-0.4, -0.2) is 20.4 Å². The molecule has 5 aromatic rings. The van der Waals surface area contributed by atoms with Gasteiger partial charge in [0.05, 0.1) is 21.8 Å². The molecule has 0 radical (unpaired) electrons. The Kier molecular flexibility index (Phi) is 2.99. The summed E-state index contributed by atoms with van der Waals surface area (Å²) in [4.78, 5) is 0. The van der Waals surface area contributed by atoms with Crippen LogP contribution in [0.25, 0.3) is 44.1 Å². The van der Waals surface area contributed by atoms with Gasteiger partial charge in [-0.1, -0.05) is 48.5 Å². The lowest BCUT2D eigenvalue weighted by molar-refractivity contribution is 1.13. The Morgan fingerprint density at radius 1 is 0.577 bits per heavy atom. The number of nitrogens with two attached hydrogens (primary N) is 2. The van der Waals surface area contributed by atoms with E-state index in [1.807, 2.05) is 24.3 Å². The smallest absolute Gasteiger partial charge is 0.153 e. The van der Waals surface area contributed by atoms with Crippen molar-refractivity contribution in [3.8, 4) is 22.3 Å². The first-order chi connectivity index (χ1) is 12.7. The van der Waals surface area contributed by atoms with Crippen molar-refractivity contribution in [1.82, 2.24) is 20.4 Å². The number of hydrogen-bond donors (Lipinski definition) is 4. The molecule has 5 rings (SSSR count). The molecule has 126 valence electrons. The molecule has 6 nitrogen and oxygen atoms in total. The standard InChI is InChI=1S/C20H16N6/c21-19-17-13(3-1-5-15(17)23-25-19)11-7-9-12(10-8-11)14-4-2-6-16-18(14)20(22)26-24-16/h1-10H,(H3,21,23,25)(H3,22,24,26). The minimum Gasteiger partial charge on any atom is -0.382 e. The zero-order valence-corrected chi connectivity index (χ0v) is 13.8. The fourth-order valence-corrected chi connectivity index (χ4v) is 3.51. The number of nitrogen functional groups attached to an aromatic ring is 2. The summed E-state index contributed by atoms with van der Waals surface area (Å²) in [7, 11) is 0. The average molecular weight is 340 g/mol. The van der Waals surface area contributed by atoms with Gasteiger partial charge < -0.3 is 11.5 Å². The van der Waals surface area contributed by atoms with Crippen LogP contribution in [0.4, 0.5) is 11.6 Å². The lowest BCUT2D eigenvalue weighted by Crippen LogP contribution is -1.88. The van der Waals surface area contributed by atoms with Crippen molar-refractivity contribution in [2.45, 2.75) is 0 Å². The number of aromatic amines is 2. The molecule has 3 aromatic carbocycles. The van der Waals surface area contributed by atoms with Crippen LogP contribution in [0.3, 0.4) is 0 Å². The highest BCUT2D eigenvalue weighted by Gasteiger charge is 2.12. The molecular formula is C20H16N6. The van der Waals surface area contributed by atoms with Crippen LogP contribution < -0.4 is 11.5 Å². The monoisotopic (exact) mass is 340 g/mol. The number of anilines is 2. The first-order valence-corrected chi connectivity index (χ1v) is 8.28. The molecule has 0 aliphatic heterocycles. The molecule has 0 amide bonds. The third-order valence-corrected chi connectivity index (χ3v) is 4.74. The van der Waals surface area contributed by atoms with Crippen LogP contribution in [0.15, 0.2) is 60.7 Å². The van der Waals surface area contributed by atoms with Gasteiger partial charge >= 0.3 is 0 Å². The Bertz CT molecular complexity index is 1150. The van der Waals surface area contributed by atoms with Crippen LogP contribution >= 0.6 is 0 Å². The molecule has 6 N–H and O–H groups in total. The highest BCUT2D eigenvalue weighted by atomic mass is 15.2. The maximum atomic E-state index is 6.04. The molecule has 0 saturated heterocycles. The second-order valence-corrected chi connectivity index (χ2v) is 6.25. The van der Waals surface area contributed by atoms with Crippen LogP contribution in [0.2, 0.25) is 0 Å². The van der Waals surface area contributed by atoms with E-state index in [-0.39, 0.29) is 0 Å². The predicted molar refractivity (Wildman–Crippen MR) is 105 cm³/mol. The molecule has 0 bridgehead atoms. The van der Waals surface area contributed by atoms with Crippen molar-refractivity contribution in [2.75, 3.05) is 11.5 Å². The van der Waals surface area contributed by atoms with E-state index in [9.17, 15) is 0 Å². The van der Waals surface area contributed by atoms with E-state index >= 15 is 0 Å². The zero-order chi connectivity index (χ0) is 17.7. The number of nitrogens with zero attached hydrogens (tertiary/aromatic N) is 2. The van der Waals surface area contributed by atoms with Crippen molar-refractivity contribution in [3.63, 3.8) is 0 Å². The summed E-state index contributed by atoms with van der Waals surface area (Å²) < 4.78 is 0. The average Bonchev–Trinajstić information content (AvgIpc) is 3.25. The predicted octanol–water partition coefficient (Wildman–Crippen LogP) is 3.94. The van der Waals surface area contributed by atoms with E-state index < -0.39 is 0 Å². The Hall–Kier alpha value is -3.80. The summed E-state index contributed by atoms with van der Waals surface area (Å²) in [5, 5.41) is 16.0. The second kappa shape index (κ2) is 5.35. The van der Waals surface area contributed by atoms with Crippen molar-refractivity contribution in [2.24, 2.45) is 0 Å². The fraction of sp³-hybridized carbons (Fsp3) is 0. The molecule has 0 fully saturated rings. The molecule has 2 aromatic heterocycles. The topological polar surface area (TPSA) is 109 Å². The number of benzene rings is 3. The van der Waals surface area contributed by atoms with E-state index in [2.05, 4.69) is 56.8 Å². The summed E-state index contributed by atoms with van der Waals surface area (Å²) >= 11 is 0. The van der Waals surface area contributed by atoms with Gasteiger partial charge in [-0.2, -0.15) is 10.2 Å². The first-order valence-electron chi connectivity index (χ1n) is 8.28. The Morgan fingerprint density at radius 2 is 1.00 bits per heavy atom. The van der Waals surface area contributed by atoms with Gasteiger partial charge in [-0.15, -0.1) is 0 Å². The lowest BCUT2D eigenvalue weighted by atomic mass is 9.96. The number of aromatic nitrogens is 4. The number of hydrogen-bond acceptors (Lipinski definition) is 4. The Labute approximate surface area is 148 Å². The summed E-state index contributed by atoms with van der Waals surface area (Å²) in [6.45, 7) is 0. The summed E-state index contributed by atoms with van der Waals surface area (Å²) in [5.41, 5.74) is 18.2. The van der Waals surface area contributed by atoms with Crippen molar-refractivity contribution >= 4 is 33.4 Å². The van der Waals surface area contributed by atoms with Crippen molar-refractivity contribution < 1.29 is 0 Å². The summed E-state index contributed by atoms with van der Waals surface area (Å²) in [6.07, 6.45) is 0. The van der Waals surface area contributed by atoms with E-state index in [1.165, 1.54) is 0 Å². The van der Waals surface area contributed by atoms with Gasteiger partial charge in [0.1, 0.15) is 0 Å². The Morgan fingerprint density at radius 3 is 1.42 bits per heavy atom. The summed E-state index contributed by atoms with van der Waals surface area (Å²) in [5.74, 6) is 1.02. The molecule has 0 aliphatic carbocycles. The zero-order valence-electron chi connectivity index (χ0n) is 13.8. The first kappa shape index (κ1) is 14.5. The molecule has 26 heavy (non-hydrogen) atoms. The molecular weight excluding hydrogens is 324 g/mol. The molecule has 0 spiro atoms. The SMILES string of the molecule is Nc1n[nH]c2cccc(-c3ccc(-c4cccc5[nH]nc(N)c45)cc3)c12. The normalized spacial score (nSPS) is 11.4. The summed E-state index contributed by atoms with van der Waals surface area (Å²) in [6, 6.07) is 20.4. The quantitative estimate of drug-likeness (QED) is 0.390. The lowest BCUT2D eigenvalue weighted by Gasteiger charge is -2.08. The Balaban J connectivity index is 1.65. The van der Waals surface area contributed by atoms with Gasteiger partial charge in [0.25, 0.3) is 0 Å². The van der Waals surface area contributed by atoms with Crippen LogP contribution in [0.1, 0.15) is 0 Å². The number of rotatable bonds is 2. The highest BCUT2D eigenvalue weighted by molar-refractivity contribution is 6.03. The minimum atomic E-state index is 0.510. The molecule has 0 aliphatic rings. The molecule has 0 saturated carbocycles. The van der Waals surface area contributed by atoms with Crippen LogP contribution in [0, 0.1) is 0 Å². The van der Waals surface area contributed by atoms with Gasteiger partial charge in [0.15, 0.2) is 11.6 Å². The largest absolute Gasteiger partial charge is 0.382 e. The van der Waals surface area contributed by atoms with Gasteiger partial charge in [0, 0.05) is 0 Å². The maximum absolute atomic E-state index is 6.04. The van der Waals surface area contributed by atoms with Gasteiger partial charge in [-0.25, -0.2) is 0 Å². The van der Waals surface area contributed by atoms with Gasteiger partial charge in [-0.05, 0) is 34.4 Å². The van der Waals surface area contributed by atoms with Gasteiger partial charge in [-0.3, -0.25) is 10.2 Å². The van der Waals surface area contributed by atoms with Crippen LogP contribution in [0.5, 0.6) is 0 Å². The minimum absolute atomic E-state index is 0.510. The molecule has 0 atom stereocenters. The van der Waals surface area contributed by atoms with Crippen LogP contribution in [-0.2, 0) is 0 Å². The molecule has 0 unspecified atom stereocenters. The van der Waals surface area contributed by atoms with Crippen molar-refractivity contribution in [1.29, 1.82) is 0 Å². The van der Waals surface area contributed by atoms with E-state index in [1.54, 1.807) is 0 Å². The van der Waals surface area contributed by atoms with Gasteiger partial charge in [0.2, 0.25) is 0 Å². The molecule has 6 heteroatoms. The van der Waals surface area contributed by atoms with Crippen molar-refractivity contribution in [3.05, 3.63) is 60.7 Å². The number of nitrogens with one attached hydrogen (secondary N) is 2. The third-order valence-electron chi connectivity index (χ3n) is 4.74. The number of H-pyrrole nitrogens is 2. The van der Waals surface area contributed by atoms with E-state index in [0.29, 0.717) is 11.6 Å². The maximum Gasteiger partial charge on any atom is 0.153 e.